The molecule has 4 rings (SSSR count). The molecule has 174 valence electrons. The van der Waals surface area contributed by atoms with Crippen molar-refractivity contribution in [3.05, 3.63) is 39.7 Å². The number of benzene rings is 1. The van der Waals surface area contributed by atoms with E-state index in [1.54, 1.807) is 19.2 Å². The van der Waals surface area contributed by atoms with Crippen molar-refractivity contribution in [2.45, 2.75) is 51.1 Å². The van der Waals surface area contributed by atoms with E-state index in [2.05, 4.69) is 10.2 Å². The number of likely N-dealkylation sites (tertiary alicyclic amines) is 1. The number of hydrogen-bond donors (Lipinski definition) is 1. The molecule has 2 aliphatic rings. The van der Waals surface area contributed by atoms with Gasteiger partial charge in [-0.1, -0.05) is 6.42 Å². The van der Waals surface area contributed by atoms with Crippen molar-refractivity contribution in [1.82, 2.24) is 10.2 Å². The third-order valence-corrected chi connectivity index (χ3v) is 8.34. The Bertz CT molecular complexity index is 1170. The number of carbonyl (C=O) groups excluding carboxylic acids is 1. The predicted molar refractivity (Wildman–Crippen MR) is 122 cm³/mol. The van der Waals surface area contributed by atoms with Crippen LogP contribution < -0.4 is 15.7 Å². The van der Waals surface area contributed by atoms with Gasteiger partial charge in [-0.3, -0.25) is 9.69 Å². The number of fused-ring (bicyclic) bond motifs is 1. The molecular formula is C23H30N2O6S. The van der Waals surface area contributed by atoms with Crippen LogP contribution in [0.4, 0.5) is 0 Å². The Balaban J connectivity index is 1.45. The second-order valence-electron chi connectivity index (χ2n) is 8.77. The third-order valence-electron chi connectivity index (χ3n) is 6.63. The Morgan fingerprint density at radius 2 is 1.97 bits per heavy atom. The van der Waals surface area contributed by atoms with E-state index in [-0.39, 0.29) is 36.3 Å². The second-order valence-corrected chi connectivity index (χ2v) is 10.9. The van der Waals surface area contributed by atoms with E-state index in [1.807, 2.05) is 13.0 Å². The van der Waals surface area contributed by atoms with Crippen molar-refractivity contribution >= 4 is 26.7 Å². The molecule has 0 spiro atoms. The number of piperidine rings is 1. The Kier molecular flexibility index (Phi) is 6.57. The molecule has 1 aromatic heterocycles. The van der Waals surface area contributed by atoms with Gasteiger partial charge in [-0.15, -0.1) is 0 Å². The quantitative estimate of drug-likeness (QED) is 0.653. The number of aryl methyl sites for hydroxylation is 1. The van der Waals surface area contributed by atoms with E-state index in [0.717, 1.165) is 43.3 Å². The summed E-state index contributed by atoms with van der Waals surface area (Å²) in [4.78, 5) is 27.4. The van der Waals surface area contributed by atoms with E-state index in [1.165, 1.54) is 0 Å². The molecule has 0 aliphatic carbocycles. The highest BCUT2D eigenvalue weighted by Gasteiger charge is 2.41. The Morgan fingerprint density at radius 1 is 1.22 bits per heavy atom. The number of ether oxygens (including phenoxy) is 1. The van der Waals surface area contributed by atoms with Crippen LogP contribution in [0.5, 0.6) is 5.75 Å². The minimum Gasteiger partial charge on any atom is -0.497 e. The first-order valence-electron chi connectivity index (χ1n) is 11.1. The summed E-state index contributed by atoms with van der Waals surface area (Å²) < 4.78 is 35.2. The highest BCUT2D eigenvalue weighted by atomic mass is 32.2. The SMILES string of the molecule is COc1ccc2c(C)c(CCC(=O)NC3CS(=O)(=O)CC3N3CCCCC3)c(=O)oc2c1. The lowest BCUT2D eigenvalue weighted by atomic mass is 10.0. The van der Waals surface area contributed by atoms with Crippen LogP contribution in [0, 0.1) is 6.92 Å². The average molecular weight is 463 g/mol. The summed E-state index contributed by atoms with van der Waals surface area (Å²) in [6.45, 7) is 3.58. The molecular weight excluding hydrogens is 432 g/mol. The summed E-state index contributed by atoms with van der Waals surface area (Å²) in [6.07, 6.45) is 3.60. The first-order valence-corrected chi connectivity index (χ1v) is 12.9. The van der Waals surface area contributed by atoms with Gasteiger partial charge in [0.05, 0.1) is 24.7 Å². The molecule has 1 amide bonds. The van der Waals surface area contributed by atoms with Crippen molar-refractivity contribution in [3.63, 3.8) is 0 Å². The van der Waals surface area contributed by atoms with Crippen LogP contribution in [0.3, 0.4) is 0 Å². The van der Waals surface area contributed by atoms with Crippen molar-refractivity contribution in [2.24, 2.45) is 0 Å². The Labute approximate surface area is 187 Å². The molecule has 9 heteroatoms. The number of methoxy groups -OCH3 is 1. The average Bonchev–Trinajstić information content (AvgIpc) is 3.07. The largest absolute Gasteiger partial charge is 0.497 e. The van der Waals surface area contributed by atoms with Gasteiger partial charge in [-0.05, 0) is 57.0 Å². The topological polar surface area (TPSA) is 106 Å². The van der Waals surface area contributed by atoms with Crippen LogP contribution in [0.15, 0.2) is 27.4 Å². The summed E-state index contributed by atoms with van der Waals surface area (Å²) in [7, 11) is -1.64. The summed E-state index contributed by atoms with van der Waals surface area (Å²) in [5, 5.41) is 3.73. The van der Waals surface area contributed by atoms with Crippen LogP contribution in [-0.4, -0.2) is 63.0 Å². The zero-order chi connectivity index (χ0) is 22.9. The fraction of sp³-hybridized carbons (Fsp3) is 0.565. The minimum atomic E-state index is -3.18. The predicted octanol–water partition coefficient (Wildman–Crippen LogP) is 1.81. The van der Waals surface area contributed by atoms with Crippen molar-refractivity contribution in [1.29, 1.82) is 0 Å². The van der Waals surface area contributed by atoms with Gasteiger partial charge in [0.15, 0.2) is 9.84 Å². The maximum Gasteiger partial charge on any atom is 0.339 e. The third kappa shape index (κ3) is 4.83. The molecule has 2 fully saturated rings. The number of nitrogens with one attached hydrogen (secondary N) is 1. The molecule has 2 aliphatic heterocycles. The zero-order valence-corrected chi connectivity index (χ0v) is 19.4. The van der Waals surface area contributed by atoms with Crippen molar-refractivity contribution < 1.29 is 22.4 Å². The number of sulfone groups is 1. The Morgan fingerprint density at radius 3 is 2.69 bits per heavy atom. The van der Waals surface area contributed by atoms with E-state index < -0.39 is 21.5 Å². The fourth-order valence-corrected chi connectivity index (χ4v) is 6.84. The molecule has 8 nitrogen and oxygen atoms in total. The molecule has 2 unspecified atom stereocenters. The summed E-state index contributed by atoms with van der Waals surface area (Å²) in [6, 6.07) is 4.72. The summed E-state index contributed by atoms with van der Waals surface area (Å²) in [5.41, 5.74) is 1.22. The number of carbonyl (C=O) groups is 1. The first kappa shape index (κ1) is 22.8. The fourth-order valence-electron chi connectivity index (χ4n) is 4.88. The van der Waals surface area contributed by atoms with Gasteiger partial charge in [0, 0.05) is 29.5 Å². The molecule has 2 aromatic rings. The van der Waals surface area contributed by atoms with Crippen LogP contribution in [0.1, 0.15) is 36.8 Å². The number of amides is 1. The highest BCUT2D eigenvalue weighted by Crippen LogP contribution is 2.25. The van der Waals surface area contributed by atoms with Crippen LogP contribution in [0.25, 0.3) is 11.0 Å². The minimum absolute atomic E-state index is 0.0289. The Hall–Kier alpha value is -2.39. The normalized spacial score (nSPS) is 23.3. The molecule has 3 heterocycles. The zero-order valence-electron chi connectivity index (χ0n) is 18.6. The summed E-state index contributed by atoms with van der Waals surface area (Å²) >= 11 is 0. The maximum absolute atomic E-state index is 12.7. The van der Waals surface area contributed by atoms with Gasteiger partial charge in [0.2, 0.25) is 5.91 Å². The van der Waals surface area contributed by atoms with Crippen LogP contribution in [-0.2, 0) is 21.1 Å². The molecule has 1 aromatic carbocycles. The first-order chi connectivity index (χ1) is 15.3. The van der Waals surface area contributed by atoms with Gasteiger partial charge < -0.3 is 14.5 Å². The second kappa shape index (κ2) is 9.23. The van der Waals surface area contributed by atoms with E-state index in [4.69, 9.17) is 9.15 Å². The van der Waals surface area contributed by atoms with Crippen LogP contribution in [0.2, 0.25) is 0 Å². The number of rotatable bonds is 6. The van der Waals surface area contributed by atoms with E-state index in [0.29, 0.717) is 16.9 Å². The maximum atomic E-state index is 12.7. The summed E-state index contributed by atoms with van der Waals surface area (Å²) in [5.74, 6) is 0.415. The molecule has 1 N–H and O–H groups in total. The van der Waals surface area contributed by atoms with Crippen LogP contribution >= 0.6 is 0 Å². The molecule has 32 heavy (non-hydrogen) atoms. The molecule has 0 bridgehead atoms. The van der Waals surface area contributed by atoms with Gasteiger partial charge in [0.25, 0.3) is 0 Å². The van der Waals surface area contributed by atoms with Gasteiger partial charge in [-0.25, -0.2) is 13.2 Å². The standard InChI is InChI=1S/C23H30N2O6S/c1-15-17-7-6-16(30-2)12-21(17)31-23(27)18(15)8-9-22(26)24-19-13-32(28,29)14-20(19)25-10-4-3-5-11-25/h6-7,12,19-20H,3-5,8-11,13-14H2,1-2H3,(H,24,26). The number of hydrogen-bond acceptors (Lipinski definition) is 7. The van der Waals surface area contributed by atoms with Crippen molar-refractivity contribution in [2.75, 3.05) is 31.7 Å². The lowest BCUT2D eigenvalue weighted by Gasteiger charge is -2.35. The molecule has 0 radical (unpaired) electrons. The lowest BCUT2D eigenvalue weighted by molar-refractivity contribution is -0.122. The smallest absolute Gasteiger partial charge is 0.339 e. The van der Waals surface area contributed by atoms with Gasteiger partial charge in [0.1, 0.15) is 11.3 Å². The van der Waals surface area contributed by atoms with Gasteiger partial charge >= 0.3 is 5.63 Å². The molecule has 0 saturated carbocycles. The molecule has 2 saturated heterocycles. The highest BCUT2D eigenvalue weighted by molar-refractivity contribution is 7.91. The van der Waals surface area contributed by atoms with Gasteiger partial charge in [-0.2, -0.15) is 0 Å². The van der Waals surface area contributed by atoms with E-state index >= 15 is 0 Å². The number of nitrogens with zero attached hydrogens (tertiary/aromatic N) is 1. The van der Waals surface area contributed by atoms with Crippen molar-refractivity contribution in [3.8, 4) is 5.75 Å². The molecule has 2 atom stereocenters. The van der Waals surface area contributed by atoms with E-state index in [9.17, 15) is 18.0 Å². The lowest BCUT2D eigenvalue weighted by Crippen LogP contribution is -2.52. The monoisotopic (exact) mass is 462 g/mol.